The van der Waals surface area contributed by atoms with Gasteiger partial charge in [0.05, 0.1) is 25.1 Å². The molecule has 1 saturated heterocycles. The van der Waals surface area contributed by atoms with E-state index in [2.05, 4.69) is 20.2 Å². The number of benzene rings is 1. The molecule has 1 N–H and O–H groups in total. The molecule has 31 heavy (non-hydrogen) atoms. The molecule has 1 aliphatic rings. The maximum absolute atomic E-state index is 13.0. The molecule has 0 aliphatic carbocycles. The number of nitrogens with zero attached hydrogens (tertiary/aromatic N) is 4. The van der Waals surface area contributed by atoms with Crippen molar-refractivity contribution >= 4 is 17.5 Å². The maximum Gasteiger partial charge on any atom is 0.274 e. The number of aryl methyl sites for hydroxylation is 1. The van der Waals surface area contributed by atoms with Crippen molar-refractivity contribution in [3.8, 4) is 0 Å². The highest BCUT2D eigenvalue weighted by Crippen LogP contribution is 2.10. The molecule has 1 aromatic heterocycles. The van der Waals surface area contributed by atoms with Gasteiger partial charge in [-0.15, -0.1) is 0 Å². The van der Waals surface area contributed by atoms with Crippen LogP contribution < -0.4 is 5.32 Å². The molecule has 9 heteroatoms. The summed E-state index contributed by atoms with van der Waals surface area (Å²) in [4.78, 5) is 37.6. The lowest BCUT2D eigenvalue weighted by molar-refractivity contribution is -0.116. The van der Waals surface area contributed by atoms with Gasteiger partial charge in [0.2, 0.25) is 5.91 Å². The molecule has 0 atom stereocenters. The number of hydrogen-bond donors (Lipinski definition) is 1. The van der Waals surface area contributed by atoms with Crippen molar-refractivity contribution in [3.63, 3.8) is 0 Å². The molecule has 0 spiro atoms. The summed E-state index contributed by atoms with van der Waals surface area (Å²) in [6.45, 7) is 6.65. The number of aromatic nitrogens is 2. The Hall–Kier alpha value is -2.91. The van der Waals surface area contributed by atoms with E-state index in [0.717, 1.165) is 45.0 Å². The van der Waals surface area contributed by atoms with Crippen LogP contribution in [0.5, 0.6) is 0 Å². The zero-order valence-electron chi connectivity index (χ0n) is 17.7. The fraction of sp³-hybridized carbons (Fsp3) is 0.455. The van der Waals surface area contributed by atoms with Gasteiger partial charge in [0, 0.05) is 51.0 Å². The highest BCUT2D eigenvalue weighted by molar-refractivity contribution is 5.93. The van der Waals surface area contributed by atoms with Crippen LogP contribution in [0.2, 0.25) is 0 Å². The van der Waals surface area contributed by atoms with Crippen LogP contribution in [0.15, 0.2) is 36.7 Å². The van der Waals surface area contributed by atoms with Gasteiger partial charge in [-0.2, -0.15) is 0 Å². The van der Waals surface area contributed by atoms with Crippen LogP contribution in [0.4, 0.5) is 10.1 Å². The smallest absolute Gasteiger partial charge is 0.274 e. The van der Waals surface area contributed by atoms with Crippen LogP contribution in [0.3, 0.4) is 0 Å². The fourth-order valence-electron chi connectivity index (χ4n) is 3.28. The number of anilines is 1. The first-order valence-electron chi connectivity index (χ1n) is 10.4. The lowest BCUT2D eigenvalue weighted by Crippen LogP contribution is -2.40. The average Bonchev–Trinajstić information content (AvgIpc) is 2.78. The third kappa shape index (κ3) is 7.37. The minimum absolute atomic E-state index is 0.125. The number of carbonyl (C=O) groups is 2. The Morgan fingerprint density at radius 3 is 2.55 bits per heavy atom. The summed E-state index contributed by atoms with van der Waals surface area (Å²) in [5.41, 5.74) is 1.51. The molecule has 0 unspecified atom stereocenters. The van der Waals surface area contributed by atoms with E-state index in [0.29, 0.717) is 12.2 Å². The first-order valence-corrected chi connectivity index (χ1v) is 10.4. The van der Waals surface area contributed by atoms with Crippen LogP contribution in [-0.4, -0.2) is 77.5 Å². The lowest BCUT2D eigenvalue weighted by atomic mass is 10.2. The number of hydrogen-bond acceptors (Lipinski definition) is 6. The van der Waals surface area contributed by atoms with E-state index in [1.54, 1.807) is 18.0 Å². The van der Waals surface area contributed by atoms with Crippen molar-refractivity contribution in [1.29, 1.82) is 0 Å². The van der Waals surface area contributed by atoms with Crippen LogP contribution in [-0.2, 0) is 9.53 Å². The summed E-state index contributed by atoms with van der Waals surface area (Å²) in [5, 5.41) is 2.72. The molecule has 0 radical (unpaired) electrons. The third-order valence-corrected chi connectivity index (χ3v) is 5.03. The van der Waals surface area contributed by atoms with E-state index in [4.69, 9.17) is 4.74 Å². The predicted octanol–water partition coefficient (Wildman–Crippen LogP) is 2.12. The highest BCUT2D eigenvalue weighted by atomic mass is 19.1. The quantitative estimate of drug-likeness (QED) is 0.657. The molecule has 0 bridgehead atoms. The average molecular weight is 429 g/mol. The van der Waals surface area contributed by atoms with Crippen LogP contribution in [0.25, 0.3) is 0 Å². The second-order valence-electron chi connectivity index (χ2n) is 7.45. The maximum atomic E-state index is 13.0. The van der Waals surface area contributed by atoms with Crippen molar-refractivity contribution in [2.24, 2.45) is 0 Å². The molecule has 2 heterocycles. The van der Waals surface area contributed by atoms with Crippen molar-refractivity contribution in [1.82, 2.24) is 19.8 Å². The number of rotatable bonds is 9. The van der Waals surface area contributed by atoms with Gasteiger partial charge >= 0.3 is 0 Å². The minimum Gasteiger partial charge on any atom is -0.379 e. The van der Waals surface area contributed by atoms with E-state index in [-0.39, 0.29) is 36.3 Å². The van der Waals surface area contributed by atoms with Crippen LogP contribution in [0.1, 0.15) is 29.0 Å². The van der Waals surface area contributed by atoms with E-state index in [9.17, 15) is 14.0 Å². The monoisotopic (exact) mass is 429 g/mol. The fourth-order valence-corrected chi connectivity index (χ4v) is 3.28. The zero-order valence-corrected chi connectivity index (χ0v) is 17.7. The number of ether oxygens (including phenoxy) is 1. The Kier molecular flexibility index (Phi) is 8.43. The predicted molar refractivity (Wildman–Crippen MR) is 114 cm³/mol. The molecule has 3 rings (SSSR count). The second kappa shape index (κ2) is 11.5. The minimum atomic E-state index is -0.366. The van der Waals surface area contributed by atoms with E-state index in [1.807, 2.05) is 0 Å². The number of morpholine rings is 1. The molecular weight excluding hydrogens is 401 g/mol. The van der Waals surface area contributed by atoms with E-state index in [1.165, 1.54) is 30.5 Å². The van der Waals surface area contributed by atoms with E-state index >= 15 is 0 Å². The molecule has 2 aromatic rings. The summed E-state index contributed by atoms with van der Waals surface area (Å²) in [6, 6.07) is 5.57. The van der Waals surface area contributed by atoms with Gasteiger partial charge in [-0.05, 0) is 37.6 Å². The van der Waals surface area contributed by atoms with Gasteiger partial charge in [-0.25, -0.2) is 9.37 Å². The van der Waals surface area contributed by atoms with Crippen molar-refractivity contribution < 1.29 is 18.7 Å². The number of nitrogens with one attached hydrogen (secondary N) is 1. The molecule has 1 aromatic carbocycles. The van der Waals surface area contributed by atoms with Crippen LogP contribution >= 0.6 is 0 Å². The SMILES string of the molecule is Cc1cnc(C(=O)N(CCCN2CCOCC2)CCC(=O)Nc2ccc(F)cc2)cn1. The lowest BCUT2D eigenvalue weighted by Gasteiger charge is -2.28. The number of halogens is 1. The summed E-state index contributed by atoms with van der Waals surface area (Å²) in [6.07, 6.45) is 3.93. The Morgan fingerprint density at radius 1 is 1.13 bits per heavy atom. The number of carbonyl (C=O) groups excluding carboxylic acids is 2. The van der Waals surface area contributed by atoms with Crippen LogP contribution in [0, 0.1) is 12.7 Å². The molecular formula is C22H28FN5O3. The van der Waals surface area contributed by atoms with Gasteiger partial charge in [-0.1, -0.05) is 0 Å². The number of amides is 2. The molecule has 8 nitrogen and oxygen atoms in total. The normalized spacial score (nSPS) is 14.3. The largest absolute Gasteiger partial charge is 0.379 e. The van der Waals surface area contributed by atoms with Gasteiger partial charge in [0.25, 0.3) is 5.91 Å². The first-order chi connectivity index (χ1) is 15.0. The topological polar surface area (TPSA) is 87.7 Å². The molecule has 1 aliphatic heterocycles. The van der Waals surface area contributed by atoms with Crippen molar-refractivity contribution in [2.45, 2.75) is 19.8 Å². The van der Waals surface area contributed by atoms with Gasteiger partial charge in [0.15, 0.2) is 0 Å². The summed E-state index contributed by atoms with van der Waals surface area (Å²) in [5.74, 6) is -0.856. The Bertz CT molecular complexity index is 854. The Morgan fingerprint density at radius 2 is 1.87 bits per heavy atom. The standard InChI is InChI=1S/C22H28FN5O3/c1-17-15-25-20(16-24-17)22(30)28(9-2-8-27-11-13-31-14-12-27)10-7-21(29)26-19-5-3-18(23)4-6-19/h3-6,15-16H,2,7-14H2,1H3,(H,26,29). The summed E-state index contributed by atoms with van der Waals surface area (Å²) < 4.78 is 18.4. The Balaban J connectivity index is 1.56. The van der Waals surface area contributed by atoms with E-state index < -0.39 is 0 Å². The Labute approximate surface area is 181 Å². The molecule has 2 amide bonds. The first kappa shape index (κ1) is 22.8. The highest BCUT2D eigenvalue weighted by Gasteiger charge is 2.19. The second-order valence-corrected chi connectivity index (χ2v) is 7.45. The van der Waals surface area contributed by atoms with Crippen molar-refractivity contribution in [3.05, 3.63) is 53.9 Å². The van der Waals surface area contributed by atoms with Gasteiger partial charge in [-0.3, -0.25) is 19.5 Å². The summed E-state index contributed by atoms with van der Waals surface area (Å²) >= 11 is 0. The molecule has 166 valence electrons. The zero-order chi connectivity index (χ0) is 22.1. The summed E-state index contributed by atoms with van der Waals surface area (Å²) in [7, 11) is 0. The molecule has 0 saturated carbocycles. The molecule has 1 fully saturated rings. The third-order valence-electron chi connectivity index (χ3n) is 5.03. The van der Waals surface area contributed by atoms with Crippen molar-refractivity contribution in [2.75, 3.05) is 51.3 Å². The van der Waals surface area contributed by atoms with Gasteiger partial charge < -0.3 is 15.0 Å². The van der Waals surface area contributed by atoms with Gasteiger partial charge in [0.1, 0.15) is 11.5 Å².